The normalized spacial score (nSPS) is 21.1. The maximum Gasteiger partial charge on any atom is 0.252 e. The molecule has 1 amide bonds. The molecular formula is C22H27N3O3. The molecule has 2 heterocycles. The van der Waals surface area contributed by atoms with E-state index in [1.807, 2.05) is 44.2 Å². The molecular weight excluding hydrogens is 354 g/mol. The lowest BCUT2D eigenvalue weighted by Gasteiger charge is -2.57. The first-order chi connectivity index (χ1) is 13.5. The predicted octanol–water partition coefficient (Wildman–Crippen LogP) is 2.66. The van der Waals surface area contributed by atoms with Gasteiger partial charge in [-0.05, 0) is 49.2 Å². The molecule has 3 atom stereocenters. The number of carbonyl (C=O) groups is 1. The van der Waals surface area contributed by atoms with Crippen LogP contribution in [0.1, 0.15) is 34.5 Å². The molecule has 2 aromatic rings. The largest absolute Gasteiger partial charge is 0.493 e. The molecule has 0 spiro atoms. The van der Waals surface area contributed by atoms with Crippen LogP contribution < -0.4 is 25.0 Å². The zero-order valence-corrected chi connectivity index (χ0v) is 16.8. The molecule has 2 N–H and O–H groups in total. The third-order valence-corrected chi connectivity index (χ3v) is 5.90. The van der Waals surface area contributed by atoms with Gasteiger partial charge in [-0.1, -0.05) is 12.1 Å². The highest BCUT2D eigenvalue weighted by Gasteiger charge is 2.45. The minimum atomic E-state index is -0.153. The summed E-state index contributed by atoms with van der Waals surface area (Å²) in [6.45, 7) is 5.98. The maximum absolute atomic E-state index is 13.0. The number of nitrogens with zero attached hydrogens (tertiary/aromatic N) is 1. The van der Waals surface area contributed by atoms with E-state index in [4.69, 9.17) is 9.47 Å². The zero-order chi connectivity index (χ0) is 19.8. The quantitative estimate of drug-likeness (QED) is 0.806. The molecule has 6 nitrogen and oxygen atoms in total. The van der Waals surface area contributed by atoms with Crippen molar-refractivity contribution in [1.29, 1.82) is 0 Å². The number of aryl methyl sites for hydroxylation is 1. The molecule has 2 fully saturated rings. The smallest absolute Gasteiger partial charge is 0.252 e. The molecule has 6 heteroatoms. The Kier molecular flexibility index (Phi) is 4.89. The Bertz CT molecular complexity index is 899. The topological polar surface area (TPSA) is 62.8 Å². The van der Waals surface area contributed by atoms with E-state index in [2.05, 4.69) is 21.6 Å². The van der Waals surface area contributed by atoms with Crippen molar-refractivity contribution in [3.05, 3.63) is 53.1 Å². The van der Waals surface area contributed by atoms with Gasteiger partial charge in [-0.3, -0.25) is 4.79 Å². The second-order valence-corrected chi connectivity index (χ2v) is 7.54. The monoisotopic (exact) mass is 381 g/mol. The molecule has 2 aromatic carbocycles. The van der Waals surface area contributed by atoms with Crippen LogP contribution in [0.25, 0.3) is 0 Å². The number of benzene rings is 2. The van der Waals surface area contributed by atoms with Gasteiger partial charge < -0.3 is 25.0 Å². The molecule has 0 aliphatic carbocycles. The summed E-state index contributed by atoms with van der Waals surface area (Å²) in [5, 5.41) is 6.53. The summed E-state index contributed by atoms with van der Waals surface area (Å²) in [5.74, 6) is 1.26. The molecule has 2 aliphatic heterocycles. The van der Waals surface area contributed by atoms with Crippen LogP contribution in [0.4, 0.5) is 5.69 Å². The van der Waals surface area contributed by atoms with Gasteiger partial charge in [-0.2, -0.15) is 0 Å². The number of nitrogens with one attached hydrogen (secondary N) is 2. The first-order valence-corrected chi connectivity index (χ1v) is 9.65. The second kappa shape index (κ2) is 7.36. The molecule has 0 radical (unpaired) electrons. The fourth-order valence-electron chi connectivity index (χ4n) is 3.92. The molecule has 1 unspecified atom stereocenters. The van der Waals surface area contributed by atoms with Gasteiger partial charge in [0.05, 0.1) is 26.3 Å². The number of amides is 1. The van der Waals surface area contributed by atoms with Crippen molar-refractivity contribution < 1.29 is 14.3 Å². The highest BCUT2D eigenvalue weighted by Crippen LogP contribution is 2.33. The maximum atomic E-state index is 13.0. The second-order valence-electron chi connectivity index (χ2n) is 7.54. The fourth-order valence-corrected chi connectivity index (χ4v) is 3.92. The van der Waals surface area contributed by atoms with E-state index in [0.29, 0.717) is 23.6 Å². The molecule has 0 saturated carbocycles. The third-order valence-electron chi connectivity index (χ3n) is 5.90. The Morgan fingerprint density at radius 3 is 2.57 bits per heavy atom. The Morgan fingerprint density at radius 1 is 1.18 bits per heavy atom. The minimum absolute atomic E-state index is 0.0644. The summed E-state index contributed by atoms with van der Waals surface area (Å²) >= 11 is 0. The van der Waals surface area contributed by atoms with Gasteiger partial charge in [-0.25, -0.2) is 0 Å². The Morgan fingerprint density at radius 2 is 1.96 bits per heavy atom. The fraction of sp³-hybridized carbons (Fsp3) is 0.409. The van der Waals surface area contributed by atoms with E-state index in [0.717, 1.165) is 35.5 Å². The van der Waals surface area contributed by atoms with Crippen molar-refractivity contribution in [3.8, 4) is 11.5 Å². The molecule has 2 aliphatic rings. The first-order valence-electron chi connectivity index (χ1n) is 9.65. The number of carbonyl (C=O) groups excluding carboxylic acids is 1. The van der Waals surface area contributed by atoms with E-state index in [1.54, 1.807) is 14.2 Å². The van der Waals surface area contributed by atoms with Crippen molar-refractivity contribution in [3.63, 3.8) is 0 Å². The van der Waals surface area contributed by atoms with E-state index < -0.39 is 0 Å². The highest BCUT2D eigenvalue weighted by atomic mass is 16.5. The highest BCUT2D eigenvalue weighted by molar-refractivity contribution is 5.97. The van der Waals surface area contributed by atoms with E-state index in [-0.39, 0.29) is 11.9 Å². The number of rotatable bonds is 6. The van der Waals surface area contributed by atoms with Crippen LogP contribution in [-0.2, 0) is 0 Å². The van der Waals surface area contributed by atoms with E-state index in [1.165, 1.54) is 0 Å². The van der Waals surface area contributed by atoms with Crippen LogP contribution in [0.5, 0.6) is 11.5 Å². The van der Waals surface area contributed by atoms with Gasteiger partial charge in [0.2, 0.25) is 0 Å². The zero-order valence-electron chi connectivity index (χ0n) is 16.8. The van der Waals surface area contributed by atoms with Crippen LogP contribution in [0.3, 0.4) is 0 Å². The summed E-state index contributed by atoms with van der Waals surface area (Å²) in [4.78, 5) is 15.3. The molecule has 2 saturated heterocycles. The summed E-state index contributed by atoms with van der Waals surface area (Å²) in [6, 6.07) is 12.9. The Labute approximate surface area is 165 Å². The van der Waals surface area contributed by atoms with Crippen molar-refractivity contribution in [1.82, 2.24) is 10.6 Å². The van der Waals surface area contributed by atoms with Gasteiger partial charge in [0.1, 0.15) is 0 Å². The van der Waals surface area contributed by atoms with Gasteiger partial charge in [0, 0.05) is 30.4 Å². The predicted molar refractivity (Wildman–Crippen MR) is 110 cm³/mol. The van der Waals surface area contributed by atoms with E-state index >= 15 is 0 Å². The van der Waals surface area contributed by atoms with E-state index in [9.17, 15) is 4.79 Å². The Hall–Kier alpha value is -2.73. The van der Waals surface area contributed by atoms with Gasteiger partial charge in [0.25, 0.3) is 5.91 Å². The van der Waals surface area contributed by atoms with Crippen molar-refractivity contribution in [2.45, 2.75) is 32.0 Å². The third kappa shape index (κ3) is 3.18. The van der Waals surface area contributed by atoms with Crippen LogP contribution in [-0.4, -0.2) is 45.3 Å². The number of hydrogen-bond donors (Lipinski definition) is 2. The van der Waals surface area contributed by atoms with Crippen LogP contribution in [0, 0.1) is 6.92 Å². The lowest BCUT2D eigenvalue weighted by Crippen LogP contribution is -2.78. The van der Waals surface area contributed by atoms with Gasteiger partial charge in [0.15, 0.2) is 11.5 Å². The Balaban J connectivity index is 1.50. The van der Waals surface area contributed by atoms with Crippen LogP contribution in [0.15, 0.2) is 36.4 Å². The lowest BCUT2D eigenvalue weighted by molar-refractivity contribution is 0.0939. The number of piperazine rings is 1. The molecule has 148 valence electrons. The number of methoxy groups -OCH3 is 2. The average molecular weight is 381 g/mol. The average Bonchev–Trinajstić information content (AvgIpc) is 2.69. The SMILES string of the molecule is COc1ccc([C@@H](C)NC(=O)c2cc(N3CC4NC[C@H]43)ccc2C)cc1OC. The van der Waals surface area contributed by atoms with Gasteiger partial charge >= 0.3 is 0 Å². The van der Waals surface area contributed by atoms with Crippen molar-refractivity contribution in [2.75, 3.05) is 32.2 Å². The standard InChI is InChI=1S/C22H27N3O3/c1-13-5-7-16(25-12-18-19(25)11-23-18)10-17(13)22(26)24-14(2)15-6-8-20(27-3)21(9-15)28-4/h5-10,14,18-19,23H,11-12H2,1-4H3,(H,24,26)/t14-,18?,19-/m1/s1. The summed E-state index contributed by atoms with van der Waals surface area (Å²) in [5.41, 5.74) is 3.79. The molecule has 0 bridgehead atoms. The number of fused-ring (bicyclic) bond motifs is 1. The number of ether oxygens (including phenoxy) is 2. The molecule has 28 heavy (non-hydrogen) atoms. The van der Waals surface area contributed by atoms with Crippen molar-refractivity contribution in [2.24, 2.45) is 0 Å². The summed E-state index contributed by atoms with van der Waals surface area (Å²) < 4.78 is 10.7. The van der Waals surface area contributed by atoms with Crippen LogP contribution in [0.2, 0.25) is 0 Å². The molecule has 0 aromatic heterocycles. The minimum Gasteiger partial charge on any atom is -0.493 e. The summed E-state index contributed by atoms with van der Waals surface area (Å²) in [7, 11) is 3.22. The number of hydrogen-bond acceptors (Lipinski definition) is 5. The van der Waals surface area contributed by atoms with Crippen molar-refractivity contribution >= 4 is 11.6 Å². The van der Waals surface area contributed by atoms with Crippen LogP contribution >= 0.6 is 0 Å². The molecule has 4 rings (SSSR count). The van der Waals surface area contributed by atoms with Gasteiger partial charge in [-0.15, -0.1) is 0 Å². The lowest BCUT2D eigenvalue weighted by atomic mass is 9.87. The summed E-state index contributed by atoms with van der Waals surface area (Å²) in [6.07, 6.45) is 0. The number of anilines is 1. The first kappa shape index (κ1) is 18.6.